The molecule has 8 nitrogen and oxygen atoms in total. The lowest BCUT2D eigenvalue weighted by molar-refractivity contribution is -0.123. The van der Waals surface area contributed by atoms with Gasteiger partial charge in [0, 0.05) is 31.6 Å². The third kappa shape index (κ3) is 6.41. The van der Waals surface area contributed by atoms with Crippen LogP contribution in [0.4, 0.5) is 0 Å². The molecule has 0 bridgehead atoms. The monoisotopic (exact) mass is 449 g/mol. The van der Waals surface area contributed by atoms with Crippen LogP contribution in [-0.2, 0) is 21.2 Å². The highest BCUT2D eigenvalue weighted by atomic mass is 32.2. The lowest BCUT2D eigenvalue weighted by Gasteiger charge is -2.22. The molecule has 0 saturated heterocycles. The predicted octanol–water partition coefficient (Wildman–Crippen LogP) is 2.42. The molecule has 1 atom stereocenters. The van der Waals surface area contributed by atoms with E-state index in [4.69, 9.17) is 4.42 Å². The second kappa shape index (κ2) is 11.1. The van der Waals surface area contributed by atoms with Gasteiger partial charge in [-0.15, -0.1) is 0 Å². The van der Waals surface area contributed by atoms with Gasteiger partial charge in [0.1, 0.15) is 11.8 Å². The summed E-state index contributed by atoms with van der Waals surface area (Å²) in [4.78, 5) is 25.5. The molecule has 1 heterocycles. The van der Waals surface area contributed by atoms with Gasteiger partial charge in [0.25, 0.3) is 5.91 Å². The van der Waals surface area contributed by atoms with E-state index in [0.29, 0.717) is 26.1 Å². The number of benzene rings is 1. The fourth-order valence-corrected chi connectivity index (χ4v) is 4.65. The fourth-order valence-electron chi connectivity index (χ4n) is 3.14. The molecule has 0 spiro atoms. The summed E-state index contributed by atoms with van der Waals surface area (Å²) in [5, 5.41) is 5.54. The number of rotatable bonds is 11. The third-order valence-corrected chi connectivity index (χ3v) is 6.97. The van der Waals surface area contributed by atoms with Gasteiger partial charge >= 0.3 is 0 Å². The average molecular weight is 450 g/mol. The smallest absolute Gasteiger partial charge is 0.251 e. The molecule has 0 radical (unpaired) electrons. The van der Waals surface area contributed by atoms with Crippen LogP contribution in [-0.4, -0.2) is 50.2 Å². The highest BCUT2D eigenvalue weighted by molar-refractivity contribution is 7.89. The van der Waals surface area contributed by atoms with Gasteiger partial charge in [0.05, 0.1) is 11.2 Å². The predicted molar refractivity (Wildman–Crippen MR) is 118 cm³/mol. The van der Waals surface area contributed by atoms with E-state index in [2.05, 4.69) is 10.6 Å². The van der Waals surface area contributed by atoms with E-state index < -0.39 is 22.0 Å². The van der Waals surface area contributed by atoms with Crippen molar-refractivity contribution in [3.05, 3.63) is 54.0 Å². The van der Waals surface area contributed by atoms with Crippen LogP contribution in [0, 0.1) is 5.92 Å². The van der Waals surface area contributed by atoms with Crippen LogP contribution in [0.15, 0.2) is 52.0 Å². The highest BCUT2D eigenvalue weighted by Gasteiger charge is 2.26. The summed E-state index contributed by atoms with van der Waals surface area (Å²) in [6, 6.07) is 8.71. The maximum atomic E-state index is 12.8. The van der Waals surface area contributed by atoms with Crippen molar-refractivity contribution in [2.24, 2.45) is 5.92 Å². The molecule has 9 heteroatoms. The first-order chi connectivity index (χ1) is 14.7. The van der Waals surface area contributed by atoms with Crippen molar-refractivity contribution in [2.75, 3.05) is 19.6 Å². The lowest BCUT2D eigenvalue weighted by atomic mass is 10.0. The van der Waals surface area contributed by atoms with Crippen molar-refractivity contribution >= 4 is 21.8 Å². The summed E-state index contributed by atoms with van der Waals surface area (Å²) in [7, 11) is -3.69. The summed E-state index contributed by atoms with van der Waals surface area (Å²) in [5.74, 6) is -0.204. The Kier molecular flexibility index (Phi) is 8.82. The standard InChI is InChI=1S/C22H31N3O5S/c1-5-25(6-2)31(28,29)19-11-7-9-17(15-19)21(26)24-20(16(3)4)22(27)23-13-12-18-10-8-14-30-18/h7-11,14-16,20H,5-6,12-13H2,1-4H3,(H,23,27)(H,24,26). The van der Waals surface area contributed by atoms with Crippen LogP contribution in [0.25, 0.3) is 0 Å². The van der Waals surface area contributed by atoms with Crippen LogP contribution in [0.1, 0.15) is 43.8 Å². The molecule has 0 fully saturated rings. The van der Waals surface area contributed by atoms with Crippen molar-refractivity contribution < 1.29 is 22.4 Å². The molecular formula is C22H31N3O5S. The van der Waals surface area contributed by atoms with Crippen LogP contribution in [0.2, 0.25) is 0 Å². The third-order valence-electron chi connectivity index (χ3n) is 4.93. The average Bonchev–Trinajstić information content (AvgIpc) is 3.25. The van der Waals surface area contributed by atoms with Gasteiger partial charge < -0.3 is 15.1 Å². The molecule has 0 saturated carbocycles. The van der Waals surface area contributed by atoms with E-state index in [1.54, 1.807) is 26.2 Å². The van der Waals surface area contributed by atoms with Crippen molar-refractivity contribution in [1.29, 1.82) is 0 Å². The Morgan fingerprint density at radius 1 is 1.10 bits per heavy atom. The van der Waals surface area contributed by atoms with Crippen molar-refractivity contribution in [3.63, 3.8) is 0 Å². The Balaban J connectivity index is 2.09. The van der Waals surface area contributed by atoms with E-state index in [1.807, 2.05) is 19.9 Å². The second-order valence-corrected chi connectivity index (χ2v) is 9.37. The molecule has 1 aromatic heterocycles. The van der Waals surface area contributed by atoms with Gasteiger partial charge in [-0.1, -0.05) is 33.8 Å². The molecule has 2 N–H and O–H groups in total. The number of sulfonamides is 1. The normalized spacial score (nSPS) is 12.7. The summed E-state index contributed by atoms with van der Waals surface area (Å²) < 4.78 is 32.1. The van der Waals surface area contributed by atoms with E-state index in [1.165, 1.54) is 28.6 Å². The molecule has 1 unspecified atom stereocenters. The van der Waals surface area contributed by atoms with E-state index in [-0.39, 0.29) is 22.3 Å². The Hall–Kier alpha value is -2.65. The number of carbonyl (C=O) groups is 2. The first-order valence-corrected chi connectivity index (χ1v) is 11.9. The molecular weight excluding hydrogens is 418 g/mol. The first kappa shape index (κ1) is 24.6. The maximum Gasteiger partial charge on any atom is 0.251 e. The van der Waals surface area contributed by atoms with Gasteiger partial charge in [0.2, 0.25) is 15.9 Å². The number of carbonyl (C=O) groups excluding carboxylic acids is 2. The van der Waals surface area contributed by atoms with Crippen molar-refractivity contribution in [3.8, 4) is 0 Å². The molecule has 1 aromatic carbocycles. The number of amides is 2. The summed E-state index contributed by atoms with van der Waals surface area (Å²) in [5.41, 5.74) is 0.183. The number of nitrogens with one attached hydrogen (secondary N) is 2. The number of hydrogen-bond acceptors (Lipinski definition) is 5. The SMILES string of the molecule is CCN(CC)S(=O)(=O)c1cccc(C(=O)NC(C(=O)NCCc2ccco2)C(C)C)c1. The second-order valence-electron chi connectivity index (χ2n) is 7.43. The number of hydrogen-bond donors (Lipinski definition) is 2. The largest absolute Gasteiger partial charge is 0.469 e. The molecule has 0 aliphatic rings. The van der Waals surface area contributed by atoms with E-state index in [9.17, 15) is 18.0 Å². The maximum absolute atomic E-state index is 12.8. The zero-order valence-corrected chi connectivity index (χ0v) is 19.2. The Morgan fingerprint density at radius 2 is 1.81 bits per heavy atom. The highest BCUT2D eigenvalue weighted by Crippen LogP contribution is 2.17. The molecule has 2 rings (SSSR count). The Labute approximate surface area is 184 Å². The van der Waals surface area contributed by atoms with Gasteiger partial charge in [0.15, 0.2) is 0 Å². The van der Waals surface area contributed by atoms with Gasteiger partial charge in [-0.3, -0.25) is 9.59 Å². The van der Waals surface area contributed by atoms with E-state index in [0.717, 1.165) is 5.76 Å². The quantitative estimate of drug-likeness (QED) is 0.548. The molecule has 31 heavy (non-hydrogen) atoms. The van der Waals surface area contributed by atoms with Crippen LogP contribution >= 0.6 is 0 Å². The van der Waals surface area contributed by atoms with Gasteiger partial charge in [-0.05, 0) is 36.2 Å². The Morgan fingerprint density at radius 3 is 2.39 bits per heavy atom. The number of furan rings is 1. The zero-order valence-electron chi connectivity index (χ0n) is 18.4. The Bertz CT molecular complexity index is 967. The minimum Gasteiger partial charge on any atom is -0.469 e. The molecule has 170 valence electrons. The summed E-state index contributed by atoms with van der Waals surface area (Å²) >= 11 is 0. The minimum absolute atomic E-state index is 0.0489. The van der Waals surface area contributed by atoms with Crippen molar-refractivity contribution in [1.82, 2.24) is 14.9 Å². The fraction of sp³-hybridized carbons (Fsp3) is 0.455. The molecule has 2 amide bonds. The topological polar surface area (TPSA) is 109 Å². The van der Waals surface area contributed by atoms with Crippen LogP contribution in [0.5, 0.6) is 0 Å². The summed E-state index contributed by atoms with van der Waals surface area (Å²) in [6.45, 7) is 8.23. The molecule has 2 aromatic rings. The molecule has 0 aliphatic heterocycles. The lowest BCUT2D eigenvalue weighted by Crippen LogP contribution is -2.50. The van der Waals surface area contributed by atoms with Gasteiger partial charge in [-0.2, -0.15) is 4.31 Å². The number of nitrogens with zero attached hydrogens (tertiary/aromatic N) is 1. The zero-order chi connectivity index (χ0) is 23.0. The van der Waals surface area contributed by atoms with Crippen LogP contribution in [0.3, 0.4) is 0 Å². The summed E-state index contributed by atoms with van der Waals surface area (Å²) in [6.07, 6.45) is 2.12. The van der Waals surface area contributed by atoms with Gasteiger partial charge in [-0.25, -0.2) is 8.42 Å². The first-order valence-electron chi connectivity index (χ1n) is 10.4. The van der Waals surface area contributed by atoms with Crippen molar-refractivity contribution in [2.45, 2.75) is 45.1 Å². The van der Waals surface area contributed by atoms with E-state index >= 15 is 0 Å². The minimum atomic E-state index is -3.69. The molecule has 0 aliphatic carbocycles. The van der Waals surface area contributed by atoms with Crippen LogP contribution < -0.4 is 10.6 Å².